The van der Waals surface area contributed by atoms with Gasteiger partial charge in [-0.25, -0.2) is 4.79 Å². The summed E-state index contributed by atoms with van der Waals surface area (Å²) in [6.45, 7) is 7.68. The molecule has 0 fully saturated rings. The number of nitrogens with one attached hydrogen (secondary N) is 1. The third-order valence-electron chi connectivity index (χ3n) is 2.83. The van der Waals surface area contributed by atoms with Gasteiger partial charge in [-0.1, -0.05) is 32.9 Å². The number of carbonyl (C=O) groups is 1. The number of carbonyl (C=O) groups excluding carboxylic acids is 1. The van der Waals surface area contributed by atoms with Crippen molar-refractivity contribution < 1.29 is 14.3 Å². The van der Waals surface area contributed by atoms with E-state index in [0.29, 0.717) is 12.5 Å². The minimum absolute atomic E-state index is 0.279. The number of benzene rings is 1. The SMILES string of the molecule is CCCOc1cccc(C(NCC(C)C)C(=O)OC)c1. The number of hydrogen-bond donors (Lipinski definition) is 1. The van der Waals surface area contributed by atoms with E-state index in [1.807, 2.05) is 24.3 Å². The lowest BCUT2D eigenvalue weighted by molar-refractivity contribution is -0.143. The molecule has 1 atom stereocenters. The van der Waals surface area contributed by atoms with E-state index in [4.69, 9.17) is 9.47 Å². The molecule has 0 aromatic heterocycles. The molecular weight excluding hydrogens is 254 g/mol. The third kappa shape index (κ3) is 5.21. The van der Waals surface area contributed by atoms with Crippen molar-refractivity contribution in [1.82, 2.24) is 5.32 Å². The Labute approximate surface area is 121 Å². The molecule has 20 heavy (non-hydrogen) atoms. The second-order valence-corrected chi connectivity index (χ2v) is 5.18. The van der Waals surface area contributed by atoms with E-state index in [1.165, 1.54) is 7.11 Å². The fourth-order valence-electron chi connectivity index (χ4n) is 1.81. The largest absolute Gasteiger partial charge is 0.494 e. The molecule has 0 amide bonds. The Hall–Kier alpha value is -1.55. The zero-order chi connectivity index (χ0) is 15.0. The molecule has 1 aromatic rings. The van der Waals surface area contributed by atoms with E-state index < -0.39 is 6.04 Å². The van der Waals surface area contributed by atoms with E-state index in [1.54, 1.807) is 0 Å². The smallest absolute Gasteiger partial charge is 0.327 e. The first-order valence-electron chi connectivity index (χ1n) is 7.12. The van der Waals surface area contributed by atoms with Gasteiger partial charge in [0.15, 0.2) is 0 Å². The number of rotatable bonds is 8. The van der Waals surface area contributed by atoms with Crippen molar-refractivity contribution in [3.63, 3.8) is 0 Å². The second kappa shape index (κ2) is 8.59. The molecule has 4 heteroatoms. The third-order valence-corrected chi connectivity index (χ3v) is 2.83. The fraction of sp³-hybridized carbons (Fsp3) is 0.562. The lowest BCUT2D eigenvalue weighted by atomic mass is 10.1. The predicted octanol–water partition coefficient (Wildman–Crippen LogP) is 2.94. The monoisotopic (exact) mass is 279 g/mol. The molecule has 0 radical (unpaired) electrons. The Balaban J connectivity index is 2.86. The first-order valence-corrected chi connectivity index (χ1v) is 7.12. The normalized spacial score (nSPS) is 12.2. The maximum atomic E-state index is 11.9. The highest BCUT2D eigenvalue weighted by atomic mass is 16.5. The summed E-state index contributed by atoms with van der Waals surface area (Å²) in [5.41, 5.74) is 0.867. The lowest BCUT2D eigenvalue weighted by Crippen LogP contribution is -2.32. The number of esters is 1. The van der Waals surface area contributed by atoms with Crippen LogP contribution in [0.25, 0.3) is 0 Å². The Morgan fingerprint density at radius 1 is 1.35 bits per heavy atom. The van der Waals surface area contributed by atoms with E-state index in [2.05, 4.69) is 26.1 Å². The van der Waals surface area contributed by atoms with E-state index >= 15 is 0 Å². The van der Waals surface area contributed by atoms with Crippen LogP contribution < -0.4 is 10.1 Å². The van der Waals surface area contributed by atoms with Crippen molar-refractivity contribution >= 4 is 5.97 Å². The van der Waals surface area contributed by atoms with Gasteiger partial charge in [-0.2, -0.15) is 0 Å². The molecule has 1 N–H and O–H groups in total. The summed E-state index contributed by atoms with van der Waals surface area (Å²) in [5, 5.41) is 3.24. The Morgan fingerprint density at radius 3 is 2.70 bits per heavy atom. The molecule has 112 valence electrons. The summed E-state index contributed by atoms with van der Waals surface area (Å²) >= 11 is 0. The molecule has 0 saturated heterocycles. The second-order valence-electron chi connectivity index (χ2n) is 5.18. The molecule has 1 unspecified atom stereocenters. The van der Waals surface area contributed by atoms with Crippen molar-refractivity contribution in [2.24, 2.45) is 5.92 Å². The fourth-order valence-corrected chi connectivity index (χ4v) is 1.81. The van der Waals surface area contributed by atoms with Gasteiger partial charge in [0, 0.05) is 0 Å². The molecule has 0 spiro atoms. The quantitative estimate of drug-likeness (QED) is 0.743. The maximum absolute atomic E-state index is 11.9. The van der Waals surface area contributed by atoms with Gasteiger partial charge in [0.1, 0.15) is 11.8 Å². The Kier molecular flexibility index (Phi) is 7.09. The van der Waals surface area contributed by atoms with Gasteiger partial charge < -0.3 is 14.8 Å². The van der Waals surface area contributed by atoms with Crippen LogP contribution >= 0.6 is 0 Å². The van der Waals surface area contributed by atoms with Gasteiger partial charge >= 0.3 is 5.97 Å². The van der Waals surface area contributed by atoms with E-state index in [9.17, 15) is 4.79 Å². The summed E-state index contributed by atoms with van der Waals surface area (Å²) in [5.74, 6) is 0.963. The predicted molar refractivity (Wildman–Crippen MR) is 79.8 cm³/mol. The molecule has 0 aliphatic rings. The minimum atomic E-state index is -0.451. The molecule has 0 heterocycles. The van der Waals surface area contributed by atoms with Crippen molar-refractivity contribution in [3.05, 3.63) is 29.8 Å². The summed E-state index contributed by atoms with van der Waals surface area (Å²) in [6, 6.07) is 7.15. The van der Waals surface area contributed by atoms with Crippen LogP contribution in [0.2, 0.25) is 0 Å². The Morgan fingerprint density at radius 2 is 2.10 bits per heavy atom. The van der Waals surface area contributed by atoms with Gasteiger partial charge in [-0.3, -0.25) is 0 Å². The highest BCUT2D eigenvalue weighted by Crippen LogP contribution is 2.21. The summed E-state index contributed by atoms with van der Waals surface area (Å²) in [7, 11) is 1.41. The topological polar surface area (TPSA) is 47.6 Å². The molecule has 4 nitrogen and oxygen atoms in total. The summed E-state index contributed by atoms with van der Waals surface area (Å²) < 4.78 is 10.5. The average molecular weight is 279 g/mol. The number of hydrogen-bond acceptors (Lipinski definition) is 4. The number of methoxy groups -OCH3 is 1. The van der Waals surface area contributed by atoms with Crippen LogP contribution in [0.4, 0.5) is 0 Å². The first kappa shape index (κ1) is 16.5. The van der Waals surface area contributed by atoms with Crippen LogP contribution in [-0.2, 0) is 9.53 Å². The molecular formula is C16H25NO3. The van der Waals surface area contributed by atoms with Crippen LogP contribution in [-0.4, -0.2) is 26.2 Å². The summed E-state index contributed by atoms with van der Waals surface area (Å²) in [4.78, 5) is 11.9. The molecule has 1 rings (SSSR count). The average Bonchev–Trinajstić information content (AvgIpc) is 2.45. The minimum Gasteiger partial charge on any atom is -0.494 e. The maximum Gasteiger partial charge on any atom is 0.327 e. The molecule has 0 aliphatic carbocycles. The van der Waals surface area contributed by atoms with Crippen LogP contribution in [0.3, 0.4) is 0 Å². The van der Waals surface area contributed by atoms with Crippen molar-refractivity contribution in [1.29, 1.82) is 0 Å². The zero-order valence-electron chi connectivity index (χ0n) is 12.8. The van der Waals surface area contributed by atoms with Crippen LogP contribution in [0.1, 0.15) is 38.8 Å². The summed E-state index contributed by atoms with van der Waals surface area (Å²) in [6.07, 6.45) is 0.955. The van der Waals surface area contributed by atoms with Gasteiger partial charge in [-0.05, 0) is 36.6 Å². The molecule has 0 saturated carbocycles. The van der Waals surface area contributed by atoms with E-state index in [0.717, 1.165) is 24.3 Å². The van der Waals surface area contributed by atoms with Gasteiger partial charge in [-0.15, -0.1) is 0 Å². The van der Waals surface area contributed by atoms with Crippen molar-refractivity contribution in [3.8, 4) is 5.75 Å². The van der Waals surface area contributed by atoms with E-state index in [-0.39, 0.29) is 5.97 Å². The zero-order valence-corrected chi connectivity index (χ0v) is 12.8. The highest BCUT2D eigenvalue weighted by molar-refractivity contribution is 5.77. The van der Waals surface area contributed by atoms with Crippen molar-refractivity contribution in [2.75, 3.05) is 20.3 Å². The lowest BCUT2D eigenvalue weighted by Gasteiger charge is -2.19. The van der Waals surface area contributed by atoms with Crippen molar-refractivity contribution in [2.45, 2.75) is 33.2 Å². The van der Waals surface area contributed by atoms with Crippen LogP contribution in [0, 0.1) is 5.92 Å². The van der Waals surface area contributed by atoms with Gasteiger partial charge in [0.05, 0.1) is 13.7 Å². The highest BCUT2D eigenvalue weighted by Gasteiger charge is 2.21. The molecule has 1 aromatic carbocycles. The molecule has 0 bridgehead atoms. The molecule has 0 aliphatic heterocycles. The van der Waals surface area contributed by atoms with Crippen LogP contribution in [0.15, 0.2) is 24.3 Å². The van der Waals surface area contributed by atoms with Crippen LogP contribution in [0.5, 0.6) is 5.75 Å². The number of ether oxygens (including phenoxy) is 2. The Bertz CT molecular complexity index is 418. The van der Waals surface area contributed by atoms with Gasteiger partial charge in [0.2, 0.25) is 0 Å². The first-order chi connectivity index (χ1) is 9.58. The standard InChI is InChI=1S/C16H25NO3/c1-5-9-20-14-8-6-7-13(10-14)15(16(18)19-4)17-11-12(2)3/h6-8,10,12,15,17H,5,9,11H2,1-4H3. The van der Waals surface area contributed by atoms with Gasteiger partial charge in [0.25, 0.3) is 0 Å².